The van der Waals surface area contributed by atoms with Crippen molar-refractivity contribution < 1.29 is 0 Å². The molecule has 0 spiro atoms. The third-order valence-electron chi connectivity index (χ3n) is 2.34. The van der Waals surface area contributed by atoms with Crippen LogP contribution in [0.4, 0.5) is 0 Å². The van der Waals surface area contributed by atoms with Crippen molar-refractivity contribution in [1.29, 1.82) is 0 Å². The number of hydrogen-bond acceptors (Lipinski definition) is 2. The SMILES string of the molecule is Clc1nc2c(s1)Cc1cc(Br)ccc1-2. The van der Waals surface area contributed by atoms with Crippen molar-refractivity contribution >= 4 is 38.9 Å². The first-order valence-corrected chi connectivity index (χ1v) is 6.17. The van der Waals surface area contributed by atoms with Gasteiger partial charge in [-0.1, -0.05) is 33.6 Å². The van der Waals surface area contributed by atoms with E-state index in [1.807, 2.05) is 6.07 Å². The lowest BCUT2D eigenvalue weighted by molar-refractivity contribution is 1.30. The van der Waals surface area contributed by atoms with Crippen LogP contribution in [0.1, 0.15) is 10.4 Å². The molecule has 2 aromatic rings. The fourth-order valence-corrected chi connectivity index (χ4v) is 3.36. The van der Waals surface area contributed by atoms with E-state index in [0.29, 0.717) is 4.47 Å². The summed E-state index contributed by atoms with van der Waals surface area (Å²) in [6.45, 7) is 0. The van der Waals surface area contributed by atoms with E-state index in [-0.39, 0.29) is 0 Å². The predicted molar refractivity (Wildman–Crippen MR) is 63.1 cm³/mol. The van der Waals surface area contributed by atoms with Crippen molar-refractivity contribution in [3.8, 4) is 11.3 Å². The Morgan fingerprint density at radius 2 is 2.29 bits per heavy atom. The molecule has 0 N–H and O–H groups in total. The van der Waals surface area contributed by atoms with Crippen LogP contribution in [0.5, 0.6) is 0 Å². The van der Waals surface area contributed by atoms with E-state index in [4.69, 9.17) is 11.6 Å². The number of rotatable bonds is 0. The van der Waals surface area contributed by atoms with E-state index >= 15 is 0 Å². The highest BCUT2D eigenvalue weighted by atomic mass is 79.9. The number of nitrogens with zero attached hydrogens (tertiary/aromatic N) is 1. The third-order valence-corrected chi connectivity index (χ3v) is 4.00. The maximum absolute atomic E-state index is 5.87. The summed E-state index contributed by atoms with van der Waals surface area (Å²) in [7, 11) is 0. The summed E-state index contributed by atoms with van der Waals surface area (Å²) in [5.41, 5.74) is 3.64. The van der Waals surface area contributed by atoms with Crippen LogP contribution in [0.3, 0.4) is 0 Å². The summed E-state index contributed by atoms with van der Waals surface area (Å²) >= 11 is 10.9. The summed E-state index contributed by atoms with van der Waals surface area (Å²) in [6.07, 6.45) is 0.967. The zero-order valence-corrected chi connectivity index (χ0v) is 10.2. The van der Waals surface area contributed by atoms with Crippen LogP contribution in [-0.4, -0.2) is 4.98 Å². The van der Waals surface area contributed by atoms with Crippen LogP contribution in [-0.2, 0) is 6.42 Å². The summed E-state index contributed by atoms with van der Waals surface area (Å²) in [4.78, 5) is 5.61. The zero-order valence-electron chi connectivity index (χ0n) is 7.05. The molecule has 0 saturated heterocycles. The molecule has 0 radical (unpaired) electrons. The highest BCUT2D eigenvalue weighted by Gasteiger charge is 2.22. The van der Waals surface area contributed by atoms with Gasteiger partial charge in [0.15, 0.2) is 4.47 Å². The van der Waals surface area contributed by atoms with Gasteiger partial charge in [-0.15, -0.1) is 11.3 Å². The predicted octanol–water partition coefficient (Wildman–Crippen LogP) is 4.13. The van der Waals surface area contributed by atoms with E-state index in [1.54, 1.807) is 11.3 Å². The molecule has 1 aliphatic rings. The Morgan fingerprint density at radius 3 is 3.14 bits per heavy atom. The Labute approximate surface area is 98.9 Å². The third kappa shape index (κ3) is 1.23. The maximum Gasteiger partial charge on any atom is 0.184 e. The van der Waals surface area contributed by atoms with Crippen LogP contribution in [0, 0.1) is 0 Å². The molecule has 0 unspecified atom stereocenters. The second-order valence-electron chi connectivity index (χ2n) is 3.22. The summed E-state index contributed by atoms with van der Waals surface area (Å²) in [6, 6.07) is 6.29. The van der Waals surface area contributed by atoms with Crippen molar-refractivity contribution in [2.75, 3.05) is 0 Å². The van der Waals surface area contributed by atoms with Crippen molar-refractivity contribution in [2.45, 2.75) is 6.42 Å². The van der Waals surface area contributed by atoms with Crippen LogP contribution < -0.4 is 0 Å². The topological polar surface area (TPSA) is 12.9 Å². The Kier molecular flexibility index (Phi) is 1.94. The summed E-state index contributed by atoms with van der Waals surface area (Å²) in [5.74, 6) is 0. The summed E-state index contributed by atoms with van der Waals surface area (Å²) < 4.78 is 1.76. The first-order chi connectivity index (χ1) is 6.74. The van der Waals surface area contributed by atoms with Gasteiger partial charge in [-0.25, -0.2) is 4.98 Å². The standard InChI is InChI=1S/C10H5BrClNS/c11-6-1-2-7-5(3-6)4-8-9(7)13-10(12)14-8/h1-3H,4H2. The molecular weight excluding hydrogens is 282 g/mol. The number of thiazole rings is 1. The van der Waals surface area contributed by atoms with Crippen LogP contribution >= 0.6 is 38.9 Å². The van der Waals surface area contributed by atoms with Gasteiger partial charge in [-0.2, -0.15) is 0 Å². The molecule has 14 heavy (non-hydrogen) atoms. The van der Waals surface area contributed by atoms with Gasteiger partial charge in [-0.05, 0) is 17.7 Å². The molecule has 70 valence electrons. The largest absolute Gasteiger partial charge is 0.225 e. The van der Waals surface area contributed by atoms with Gasteiger partial charge in [0.2, 0.25) is 0 Å². The second-order valence-corrected chi connectivity index (χ2v) is 5.80. The molecule has 1 aliphatic carbocycles. The number of fused-ring (bicyclic) bond motifs is 3. The molecule has 1 nitrogen and oxygen atoms in total. The van der Waals surface area contributed by atoms with Gasteiger partial charge < -0.3 is 0 Å². The van der Waals surface area contributed by atoms with Gasteiger partial charge in [0.05, 0.1) is 5.69 Å². The lowest BCUT2D eigenvalue weighted by atomic mass is 10.1. The van der Waals surface area contributed by atoms with Crippen molar-refractivity contribution in [2.24, 2.45) is 0 Å². The van der Waals surface area contributed by atoms with E-state index in [0.717, 1.165) is 16.6 Å². The second kappa shape index (κ2) is 3.05. The molecule has 0 fully saturated rings. The van der Waals surface area contributed by atoms with Crippen molar-refractivity contribution in [3.05, 3.63) is 37.6 Å². The molecule has 1 aromatic heterocycles. The highest BCUT2D eigenvalue weighted by Crippen LogP contribution is 2.41. The maximum atomic E-state index is 5.87. The molecule has 0 amide bonds. The van der Waals surface area contributed by atoms with Crippen molar-refractivity contribution in [3.63, 3.8) is 0 Å². The van der Waals surface area contributed by atoms with Gasteiger partial charge in [0, 0.05) is 21.3 Å². The van der Waals surface area contributed by atoms with Gasteiger partial charge in [0.25, 0.3) is 0 Å². The monoisotopic (exact) mass is 285 g/mol. The average Bonchev–Trinajstić information content (AvgIpc) is 2.59. The minimum absolute atomic E-state index is 0.642. The van der Waals surface area contributed by atoms with Gasteiger partial charge in [0.1, 0.15) is 0 Å². The molecule has 0 saturated carbocycles. The van der Waals surface area contributed by atoms with Crippen LogP contribution in [0.15, 0.2) is 22.7 Å². The van der Waals surface area contributed by atoms with Crippen molar-refractivity contribution in [1.82, 2.24) is 4.98 Å². The first-order valence-electron chi connectivity index (χ1n) is 4.18. The summed E-state index contributed by atoms with van der Waals surface area (Å²) in [5, 5.41) is 0. The van der Waals surface area contributed by atoms with E-state index < -0.39 is 0 Å². The van der Waals surface area contributed by atoms with E-state index in [1.165, 1.54) is 16.0 Å². The molecule has 0 atom stereocenters. The highest BCUT2D eigenvalue weighted by molar-refractivity contribution is 9.10. The fourth-order valence-electron chi connectivity index (χ4n) is 1.77. The van der Waals surface area contributed by atoms with Crippen LogP contribution in [0.2, 0.25) is 4.47 Å². The Morgan fingerprint density at radius 1 is 1.43 bits per heavy atom. The quantitative estimate of drug-likeness (QED) is 0.605. The van der Waals surface area contributed by atoms with E-state index in [9.17, 15) is 0 Å². The lowest BCUT2D eigenvalue weighted by Gasteiger charge is -1.98. The van der Waals surface area contributed by atoms with Gasteiger partial charge >= 0.3 is 0 Å². The molecule has 1 heterocycles. The Hall–Kier alpha value is -0.380. The zero-order chi connectivity index (χ0) is 9.71. The normalized spacial score (nSPS) is 12.7. The minimum Gasteiger partial charge on any atom is -0.225 e. The average molecular weight is 287 g/mol. The molecular formula is C10H5BrClNS. The Bertz CT molecular complexity index is 521. The fraction of sp³-hybridized carbons (Fsp3) is 0.100. The number of hydrogen-bond donors (Lipinski definition) is 0. The molecule has 0 aliphatic heterocycles. The van der Waals surface area contributed by atoms with E-state index in [2.05, 4.69) is 33.0 Å². The van der Waals surface area contributed by atoms with Crippen LogP contribution in [0.25, 0.3) is 11.3 Å². The molecule has 4 heteroatoms. The van der Waals surface area contributed by atoms with Gasteiger partial charge in [-0.3, -0.25) is 0 Å². The smallest absolute Gasteiger partial charge is 0.184 e. The number of aromatic nitrogens is 1. The Balaban J connectivity index is 2.25. The number of halogens is 2. The molecule has 3 rings (SSSR count). The molecule has 0 bridgehead atoms. The minimum atomic E-state index is 0.642. The number of benzene rings is 1. The lowest BCUT2D eigenvalue weighted by Crippen LogP contribution is -1.80. The molecule has 1 aromatic carbocycles. The first kappa shape index (κ1) is 8.89.